The molecule has 1 heterocycles. The number of rotatable bonds is 4. The Morgan fingerprint density at radius 3 is 2.45 bits per heavy atom. The zero-order valence-electron chi connectivity index (χ0n) is 17.3. The number of halogens is 4. The van der Waals surface area contributed by atoms with E-state index in [1.54, 1.807) is 24.3 Å². The van der Waals surface area contributed by atoms with Gasteiger partial charge in [0.15, 0.2) is 5.67 Å². The summed E-state index contributed by atoms with van der Waals surface area (Å²) in [5.74, 6) is 0.351. The summed E-state index contributed by atoms with van der Waals surface area (Å²) in [4.78, 5) is 14.5. The Morgan fingerprint density at radius 2 is 1.84 bits per heavy atom. The van der Waals surface area contributed by atoms with Crippen molar-refractivity contribution in [1.29, 1.82) is 0 Å². The predicted octanol–water partition coefficient (Wildman–Crippen LogP) is 4.67. The number of allylic oxidation sites excluding steroid dienone is 1. The first-order valence-electron chi connectivity index (χ1n) is 10.1. The third-order valence-electron chi connectivity index (χ3n) is 6.21. The van der Waals surface area contributed by atoms with Gasteiger partial charge in [0.1, 0.15) is 5.75 Å². The van der Waals surface area contributed by atoms with Gasteiger partial charge in [0, 0.05) is 19.4 Å². The van der Waals surface area contributed by atoms with E-state index in [4.69, 9.17) is 9.47 Å². The molecule has 1 saturated heterocycles. The molecule has 166 valence electrons. The molecule has 1 fully saturated rings. The highest BCUT2D eigenvalue weighted by atomic mass is 19.4. The third-order valence-corrected chi connectivity index (χ3v) is 6.21. The molecule has 0 spiro atoms. The van der Waals surface area contributed by atoms with Gasteiger partial charge in [-0.15, -0.1) is 0 Å². The maximum absolute atomic E-state index is 15.7. The van der Waals surface area contributed by atoms with Crippen molar-refractivity contribution < 1.29 is 31.8 Å². The average molecular weight is 437 g/mol. The van der Waals surface area contributed by atoms with E-state index in [0.717, 1.165) is 24.8 Å². The molecule has 2 unspecified atom stereocenters. The molecule has 0 aromatic heterocycles. The van der Waals surface area contributed by atoms with Gasteiger partial charge < -0.3 is 14.4 Å². The standard InChI is InChI=1S/C23H23F4NO3/c1-30-18-8-6-15(7-9-18)11-20(29)28-10-4-3-5-16-12-17-13-21(24,14-19(16)28)22(17,31-2)23(25,26)27/h6-9,12-14H,3-5,10-11H2,1-2H3. The van der Waals surface area contributed by atoms with Gasteiger partial charge in [-0.25, -0.2) is 4.39 Å². The molecular formula is C23H23F4NO3. The molecule has 1 amide bonds. The van der Waals surface area contributed by atoms with Crippen LogP contribution in [0.1, 0.15) is 24.8 Å². The normalized spacial score (nSPS) is 27.7. The van der Waals surface area contributed by atoms with Gasteiger partial charge in [-0.1, -0.05) is 18.2 Å². The Labute approximate surface area is 177 Å². The molecule has 0 saturated carbocycles. The second-order valence-electron chi connectivity index (χ2n) is 7.98. The highest BCUT2D eigenvalue weighted by molar-refractivity contribution is 5.82. The van der Waals surface area contributed by atoms with Crippen LogP contribution in [-0.2, 0) is 16.0 Å². The van der Waals surface area contributed by atoms with E-state index in [9.17, 15) is 18.0 Å². The van der Waals surface area contributed by atoms with Gasteiger partial charge in [-0.05, 0) is 60.3 Å². The number of benzene rings is 1. The van der Waals surface area contributed by atoms with E-state index in [1.807, 2.05) is 0 Å². The van der Waals surface area contributed by atoms with Crippen molar-refractivity contribution in [3.8, 4) is 5.75 Å². The maximum Gasteiger partial charge on any atom is 0.425 e. The van der Waals surface area contributed by atoms with Crippen molar-refractivity contribution in [2.75, 3.05) is 20.8 Å². The van der Waals surface area contributed by atoms with Gasteiger partial charge in [0.25, 0.3) is 0 Å². The molecule has 1 aromatic rings. The van der Waals surface area contributed by atoms with Crippen LogP contribution >= 0.6 is 0 Å². The zero-order valence-corrected chi connectivity index (χ0v) is 17.3. The summed E-state index contributed by atoms with van der Waals surface area (Å²) in [6.45, 7) is 0.315. The minimum absolute atomic E-state index is 0.0445. The van der Waals surface area contributed by atoms with E-state index in [2.05, 4.69) is 0 Å². The van der Waals surface area contributed by atoms with Gasteiger partial charge in [0.05, 0.1) is 13.5 Å². The number of methoxy groups -OCH3 is 2. The number of likely N-dealkylation sites (tertiary alicyclic amines) is 1. The van der Waals surface area contributed by atoms with Crippen LogP contribution in [-0.4, -0.2) is 49.0 Å². The Balaban J connectivity index is 1.70. The lowest BCUT2D eigenvalue weighted by atomic mass is 9.67. The quantitative estimate of drug-likeness (QED) is 0.643. The van der Waals surface area contributed by atoms with E-state index in [0.29, 0.717) is 37.1 Å². The number of hydrogen-bond acceptors (Lipinski definition) is 3. The molecule has 3 aliphatic carbocycles. The smallest absolute Gasteiger partial charge is 0.425 e. The SMILES string of the molecule is COc1ccc(CC(=O)N2CCCCC3=CC4=CC(F)(C=C32)C4(OC)C(F)(F)F)cc1. The number of ether oxygens (including phenoxy) is 2. The molecule has 1 aliphatic heterocycles. The van der Waals surface area contributed by atoms with Crippen LogP contribution in [0.15, 0.2) is 59.3 Å². The third kappa shape index (κ3) is 3.28. The summed E-state index contributed by atoms with van der Waals surface area (Å²) >= 11 is 0. The highest BCUT2D eigenvalue weighted by Gasteiger charge is 2.75. The molecule has 5 rings (SSSR count). The van der Waals surface area contributed by atoms with Crippen molar-refractivity contribution in [2.24, 2.45) is 0 Å². The van der Waals surface area contributed by atoms with Crippen molar-refractivity contribution in [3.05, 3.63) is 64.9 Å². The van der Waals surface area contributed by atoms with Crippen molar-refractivity contribution in [3.63, 3.8) is 0 Å². The fraction of sp³-hybridized carbons (Fsp3) is 0.435. The molecule has 8 heteroatoms. The minimum atomic E-state index is -4.95. The number of carbonyl (C=O) groups excluding carboxylic acids is 1. The van der Waals surface area contributed by atoms with Crippen molar-refractivity contribution in [1.82, 2.24) is 4.90 Å². The first kappa shape index (κ1) is 21.6. The summed E-state index contributed by atoms with van der Waals surface area (Å²) in [7, 11) is 2.40. The Morgan fingerprint density at radius 1 is 1.13 bits per heavy atom. The summed E-state index contributed by atoms with van der Waals surface area (Å²) in [6.07, 6.45) is 0.118. The second kappa shape index (κ2) is 7.51. The molecule has 2 atom stereocenters. The Bertz CT molecular complexity index is 980. The lowest BCUT2D eigenvalue weighted by Gasteiger charge is -2.49. The minimum Gasteiger partial charge on any atom is -0.497 e. The second-order valence-corrected chi connectivity index (χ2v) is 7.98. The van der Waals surface area contributed by atoms with Crippen molar-refractivity contribution >= 4 is 5.91 Å². The van der Waals surface area contributed by atoms with Crippen LogP contribution in [0.25, 0.3) is 0 Å². The van der Waals surface area contributed by atoms with E-state index < -0.39 is 17.4 Å². The number of amides is 1. The molecule has 4 aliphatic rings. The number of carbonyl (C=O) groups is 1. The largest absolute Gasteiger partial charge is 0.497 e. The Hall–Kier alpha value is -2.61. The van der Waals surface area contributed by atoms with Crippen LogP contribution in [0, 0.1) is 0 Å². The van der Waals surface area contributed by atoms with E-state index >= 15 is 4.39 Å². The molecule has 31 heavy (non-hydrogen) atoms. The van der Waals surface area contributed by atoms with Crippen LogP contribution in [0.4, 0.5) is 17.6 Å². The molecule has 4 nitrogen and oxygen atoms in total. The van der Waals surface area contributed by atoms with Crippen LogP contribution < -0.4 is 4.74 Å². The topological polar surface area (TPSA) is 38.8 Å². The molecular weight excluding hydrogens is 414 g/mol. The molecule has 0 radical (unpaired) electrons. The number of hydrogen-bond donors (Lipinski definition) is 0. The molecule has 1 aromatic carbocycles. The monoisotopic (exact) mass is 437 g/mol. The van der Waals surface area contributed by atoms with Gasteiger partial charge in [-0.2, -0.15) is 13.2 Å². The van der Waals surface area contributed by atoms with E-state index in [-0.39, 0.29) is 23.6 Å². The first-order valence-corrected chi connectivity index (χ1v) is 10.1. The van der Waals surface area contributed by atoms with Crippen LogP contribution in [0.3, 0.4) is 0 Å². The average Bonchev–Trinajstić information content (AvgIpc) is 3.02. The molecule has 2 bridgehead atoms. The van der Waals surface area contributed by atoms with E-state index in [1.165, 1.54) is 18.1 Å². The first-order chi connectivity index (χ1) is 14.6. The lowest BCUT2D eigenvalue weighted by molar-refractivity contribution is -0.289. The van der Waals surface area contributed by atoms with Gasteiger partial charge in [0.2, 0.25) is 11.5 Å². The number of nitrogens with zero attached hydrogens (tertiary/aromatic N) is 1. The van der Waals surface area contributed by atoms with Crippen molar-refractivity contribution in [2.45, 2.75) is 43.1 Å². The van der Waals surface area contributed by atoms with Crippen LogP contribution in [0.2, 0.25) is 0 Å². The summed E-state index contributed by atoms with van der Waals surface area (Å²) in [5.41, 5.74) is -4.74. The van der Waals surface area contributed by atoms with Crippen LogP contribution in [0.5, 0.6) is 5.75 Å². The fourth-order valence-corrected chi connectivity index (χ4v) is 4.61. The Kier molecular flexibility index (Phi) is 5.24. The zero-order chi connectivity index (χ0) is 22.4. The highest BCUT2D eigenvalue weighted by Crippen LogP contribution is 2.59. The summed E-state index contributed by atoms with van der Waals surface area (Å²) < 4.78 is 67.3. The lowest BCUT2D eigenvalue weighted by Crippen LogP contribution is -2.67. The summed E-state index contributed by atoms with van der Waals surface area (Å²) in [5, 5.41) is 0. The maximum atomic E-state index is 15.7. The van der Waals surface area contributed by atoms with Gasteiger partial charge in [-0.3, -0.25) is 4.79 Å². The predicted molar refractivity (Wildman–Crippen MR) is 106 cm³/mol. The van der Waals surface area contributed by atoms with Gasteiger partial charge >= 0.3 is 6.18 Å². The summed E-state index contributed by atoms with van der Waals surface area (Å²) in [6, 6.07) is 6.97. The fourth-order valence-electron chi connectivity index (χ4n) is 4.61. The molecule has 0 N–H and O–H groups in total. The number of alkyl halides is 4.